The molecule has 0 aliphatic carbocycles. The van der Waals surface area contributed by atoms with E-state index in [1.54, 1.807) is 0 Å². The molecule has 21 atom stereocenters. The van der Waals surface area contributed by atoms with E-state index in [9.17, 15) is 85.3 Å². The molecule has 31 nitrogen and oxygen atoms in total. The van der Waals surface area contributed by atoms with E-state index in [2.05, 4.69) is 10.6 Å². The molecular weight excluding hydrogens is 884 g/mol. The highest BCUT2D eigenvalue weighted by Crippen LogP contribution is 2.34. The minimum Gasteiger partial charge on any atom is -0.480 e. The Morgan fingerprint density at radius 1 is 0.609 bits per heavy atom. The topological polar surface area (TPSA) is 505 Å². The van der Waals surface area contributed by atoms with Crippen LogP contribution in [0.3, 0.4) is 0 Å². The van der Waals surface area contributed by atoms with E-state index in [1.807, 2.05) is 5.32 Å². The van der Waals surface area contributed by atoms with Crippen molar-refractivity contribution in [2.75, 3.05) is 46.1 Å². The van der Waals surface area contributed by atoms with Crippen molar-refractivity contribution in [3.05, 3.63) is 0 Å². The first-order valence-electron chi connectivity index (χ1n) is 19.3. The zero-order valence-corrected chi connectivity index (χ0v) is 33.2. The van der Waals surface area contributed by atoms with E-state index < -0.39 is 205 Å². The van der Waals surface area contributed by atoms with Gasteiger partial charge in [0, 0.05) is 0 Å². The monoisotopic (exact) mass is 938 g/mol. The van der Waals surface area contributed by atoms with Crippen LogP contribution in [0.15, 0.2) is 0 Å². The number of hydrogen-bond acceptors (Lipinski definition) is 26. The fourth-order valence-corrected chi connectivity index (χ4v) is 6.62. The van der Waals surface area contributed by atoms with Gasteiger partial charge in [-0.2, -0.15) is 0 Å². The van der Waals surface area contributed by atoms with Gasteiger partial charge in [-0.1, -0.05) is 0 Å². The van der Waals surface area contributed by atoms with Crippen LogP contribution in [-0.4, -0.2) is 276 Å². The summed E-state index contributed by atoms with van der Waals surface area (Å²) in [5.74, 6) is -6.28. The highest BCUT2D eigenvalue weighted by molar-refractivity contribution is 5.92. The average Bonchev–Trinajstić information content (AvgIpc) is 3.26. The van der Waals surface area contributed by atoms with Crippen molar-refractivity contribution in [2.45, 2.75) is 129 Å². The number of ether oxygens (including phenoxy) is 8. The van der Waals surface area contributed by atoms with Gasteiger partial charge in [0.2, 0.25) is 17.7 Å². The molecule has 4 heterocycles. The zero-order valence-electron chi connectivity index (χ0n) is 33.2. The van der Waals surface area contributed by atoms with Crippen LogP contribution in [0.5, 0.6) is 0 Å². The first-order valence-corrected chi connectivity index (χ1v) is 19.3. The van der Waals surface area contributed by atoms with Gasteiger partial charge in [0.1, 0.15) is 104 Å². The van der Waals surface area contributed by atoms with Crippen molar-refractivity contribution >= 4 is 29.7 Å². The number of amides is 3. The molecule has 4 rings (SSSR count). The molecule has 19 N–H and O–H groups in total. The van der Waals surface area contributed by atoms with Gasteiger partial charge in [0.15, 0.2) is 31.3 Å². The summed E-state index contributed by atoms with van der Waals surface area (Å²) in [4.78, 5) is 59.5. The van der Waals surface area contributed by atoms with E-state index in [4.69, 9.17) is 53.8 Å². The Balaban J connectivity index is 1.42. The molecule has 0 saturated carbocycles. The second kappa shape index (κ2) is 23.8. The van der Waals surface area contributed by atoms with Gasteiger partial charge in [0.05, 0.1) is 39.6 Å². The number of aliphatic hydroxyl groups excluding tert-OH is 12. The van der Waals surface area contributed by atoms with E-state index in [0.29, 0.717) is 0 Å². The van der Waals surface area contributed by atoms with Crippen LogP contribution in [0, 0.1) is 0 Å². The Kier molecular flexibility index (Phi) is 19.8. The third kappa shape index (κ3) is 12.9. The highest BCUT2D eigenvalue weighted by atomic mass is 16.8. The number of carbonyl (C=O) groups excluding carboxylic acids is 3. The number of carbonyl (C=O) groups is 5. The van der Waals surface area contributed by atoms with Gasteiger partial charge in [-0.15, -0.1) is 0 Å². The molecule has 4 fully saturated rings. The van der Waals surface area contributed by atoms with Gasteiger partial charge in [0.25, 0.3) is 0 Å². The summed E-state index contributed by atoms with van der Waals surface area (Å²) >= 11 is 0. The minimum absolute atomic E-state index is 0.685. The number of aliphatic hydroxyl groups is 12. The lowest BCUT2D eigenvalue weighted by Gasteiger charge is -2.48. The standard InChI is InChI=1S/C33H54N4O27/c34-8(3-38)27(53)35-1-13(41)37-9(28(54)36-2-14(42)43)6-57-30-20(49)15(44)12(7-58-30)61-32-22(51)24(16(45)10(4-39)59-32)63-33-23(52)25(17(46)11(5-40)60-33)62-31-21(50)18(47)19(48)26(64-31)29(55)56/h8-12,15-26,30-33,38-40,44-52H,1-7,34H2,(H,35,53)(H,36,54)(H,37,41)(H,42,43)(H,55,56)/t8-,9-,10+,11+,12+,15-,16-,17-,18-,19-,20+,21+,22+,23+,24-,25-,26-,30+,31+,32-,33-/m0/s1. The number of carboxylic acid groups (broad SMARTS) is 2. The molecule has 0 unspecified atom stereocenters. The van der Waals surface area contributed by atoms with Crippen LogP contribution >= 0.6 is 0 Å². The summed E-state index contributed by atoms with van der Waals surface area (Å²) in [5.41, 5.74) is 5.36. The lowest BCUT2D eigenvalue weighted by molar-refractivity contribution is -0.385. The molecule has 4 aliphatic rings. The van der Waals surface area contributed by atoms with Gasteiger partial charge >= 0.3 is 11.9 Å². The van der Waals surface area contributed by atoms with Crippen molar-refractivity contribution in [1.82, 2.24) is 16.0 Å². The SMILES string of the molecule is N[C@@H](CO)C(=O)NCC(=O)N[C@@H](CO[C@@H]1OC[C@@H](O[C@@H]2O[C@H](CO)[C@H](O)[C@H](O[C@@H]3O[C@H](CO)[C@H](O)[C@H](O[C@@H]4O[C@H](C(=O)O)[C@@H](O)[C@H](O)[C@H]4O)[C@H]3O)[C@H]2O)[C@H](O)[C@H]1O)C(=O)NCC(=O)O. The Morgan fingerprint density at radius 2 is 1.12 bits per heavy atom. The van der Waals surface area contributed by atoms with E-state index in [1.165, 1.54) is 0 Å². The van der Waals surface area contributed by atoms with Crippen molar-refractivity contribution in [2.24, 2.45) is 5.73 Å². The molecular formula is C33H54N4O27. The van der Waals surface area contributed by atoms with E-state index in [0.717, 1.165) is 0 Å². The van der Waals surface area contributed by atoms with Crippen molar-refractivity contribution < 1.29 is 133 Å². The molecule has 0 spiro atoms. The fraction of sp³-hybridized carbons (Fsp3) is 0.848. The molecule has 0 aromatic carbocycles. The number of rotatable bonds is 20. The summed E-state index contributed by atoms with van der Waals surface area (Å²) in [6.07, 6.45) is -37.9. The maximum Gasteiger partial charge on any atom is 0.335 e. The minimum atomic E-state index is -2.21. The zero-order chi connectivity index (χ0) is 47.7. The maximum absolute atomic E-state index is 12.7. The van der Waals surface area contributed by atoms with Gasteiger partial charge in [-0.05, 0) is 0 Å². The molecule has 31 heteroatoms. The predicted octanol–water partition coefficient (Wildman–Crippen LogP) is -12.9. The first-order chi connectivity index (χ1) is 30.1. The van der Waals surface area contributed by atoms with Crippen LogP contribution in [0.2, 0.25) is 0 Å². The summed E-state index contributed by atoms with van der Waals surface area (Å²) in [6.45, 7) is -5.91. The lowest BCUT2D eigenvalue weighted by atomic mass is 9.96. The quantitative estimate of drug-likeness (QED) is 0.0539. The van der Waals surface area contributed by atoms with Gasteiger partial charge < -0.3 is 131 Å². The first kappa shape index (κ1) is 53.1. The van der Waals surface area contributed by atoms with Crippen LogP contribution < -0.4 is 21.7 Å². The van der Waals surface area contributed by atoms with E-state index in [-0.39, 0.29) is 0 Å². The van der Waals surface area contributed by atoms with Crippen LogP contribution in [-0.2, 0) is 61.9 Å². The lowest BCUT2D eigenvalue weighted by Crippen LogP contribution is -2.67. The Bertz CT molecular complexity index is 1570. The molecule has 368 valence electrons. The van der Waals surface area contributed by atoms with Gasteiger partial charge in [-0.25, -0.2) is 4.79 Å². The molecule has 3 amide bonds. The summed E-state index contributed by atoms with van der Waals surface area (Å²) in [6, 6.07) is -3.06. The Hall–Kier alpha value is -3.49. The normalized spacial score (nSPS) is 40.1. The Labute approximate surface area is 359 Å². The number of aliphatic carboxylic acids is 2. The molecule has 0 aromatic heterocycles. The van der Waals surface area contributed by atoms with E-state index >= 15 is 0 Å². The fourth-order valence-electron chi connectivity index (χ4n) is 6.62. The summed E-state index contributed by atoms with van der Waals surface area (Å²) in [5, 5.41) is 150. The molecule has 64 heavy (non-hydrogen) atoms. The number of nitrogens with one attached hydrogen (secondary N) is 3. The summed E-state index contributed by atoms with van der Waals surface area (Å²) in [7, 11) is 0. The van der Waals surface area contributed by atoms with Crippen molar-refractivity contribution in [3.8, 4) is 0 Å². The van der Waals surface area contributed by atoms with Crippen molar-refractivity contribution in [3.63, 3.8) is 0 Å². The van der Waals surface area contributed by atoms with Crippen LogP contribution in [0.1, 0.15) is 0 Å². The molecule has 4 saturated heterocycles. The molecule has 0 bridgehead atoms. The number of hydrogen-bond donors (Lipinski definition) is 18. The van der Waals surface area contributed by atoms with Crippen LogP contribution in [0.25, 0.3) is 0 Å². The largest absolute Gasteiger partial charge is 0.480 e. The third-order valence-electron chi connectivity index (χ3n) is 10.2. The molecule has 0 radical (unpaired) electrons. The smallest absolute Gasteiger partial charge is 0.335 e. The predicted molar refractivity (Wildman–Crippen MR) is 193 cm³/mol. The number of carboxylic acids is 2. The average molecular weight is 939 g/mol. The van der Waals surface area contributed by atoms with Crippen LogP contribution in [0.4, 0.5) is 0 Å². The van der Waals surface area contributed by atoms with Gasteiger partial charge in [-0.3, -0.25) is 19.2 Å². The molecule has 4 aliphatic heterocycles. The highest BCUT2D eigenvalue weighted by Gasteiger charge is 2.55. The summed E-state index contributed by atoms with van der Waals surface area (Å²) < 4.78 is 43.4. The second-order valence-electron chi connectivity index (χ2n) is 14.8. The Morgan fingerprint density at radius 3 is 1.64 bits per heavy atom. The van der Waals surface area contributed by atoms with Crippen molar-refractivity contribution in [1.29, 1.82) is 0 Å². The molecule has 0 aromatic rings. The number of nitrogens with two attached hydrogens (primary N) is 1. The second-order valence-corrected chi connectivity index (χ2v) is 14.8. The maximum atomic E-state index is 12.7. The third-order valence-corrected chi connectivity index (χ3v) is 10.2.